The van der Waals surface area contributed by atoms with Crippen LogP contribution in [0.15, 0.2) is 29.5 Å². The number of nitrogens with zero attached hydrogens (tertiary/aromatic N) is 2. The molecule has 0 saturated carbocycles. The summed E-state index contributed by atoms with van der Waals surface area (Å²) in [6, 6.07) is 3.32. The third-order valence-electron chi connectivity index (χ3n) is 4.98. The summed E-state index contributed by atoms with van der Waals surface area (Å²) in [5.74, 6) is -1.33. The second-order valence-corrected chi connectivity index (χ2v) is 6.84. The lowest BCUT2D eigenvalue weighted by molar-refractivity contribution is -0.138. The topological polar surface area (TPSA) is 82.1 Å². The van der Waals surface area contributed by atoms with Gasteiger partial charge in [0, 0.05) is 19.6 Å². The molecular formula is C19H22F3N3O4. The fourth-order valence-corrected chi connectivity index (χ4v) is 3.53. The maximum absolute atomic E-state index is 13.3. The Kier molecular flexibility index (Phi) is 6.02. The van der Waals surface area contributed by atoms with Crippen LogP contribution in [-0.2, 0) is 20.5 Å². The second kappa shape index (κ2) is 8.32. The Bertz CT molecular complexity index is 832. The van der Waals surface area contributed by atoms with E-state index in [4.69, 9.17) is 9.84 Å². The molecule has 0 bridgehead atoms. The number of nitrogens with one attached hydrogen (secondary N) is 1. The summed E-state index contributed by atoms with van der Waals surface area (Å²) in [5, 5.41) is 11.9. The molecular weight excluding hydrogens is 391 g/mol. The Balaban J connectivity index is 2.03. The van der Waals surface area contributed by atoms with Crippen molar-refractivity contribution in [3.8, 4) is 0 Å². The number of benzene rings is 1. The molecule has 0 radical (unpaired) electrons. The van der Waals surface area contributed by atoms with Crippen LogP contribution in [0, 0.1) is 0 Å². The van der Waals surface area contributed by atoms with Gasteiger partial charge in [-0.2, -0.15) is 13.2 Å². The van der Waals surface area contributed by atoms with Crippen molar-refractivity contribution in [2.45, 2.75) is 19.0 Å². The number of carbonyl (C=O) groups is 2. The zero-order chi connectivity index (χ0) is 21.2. The maximum atomic E-state index is 13.3. The highest BCUT2D eigenvalue weighted by Crippen LogP contribution is 2.38. The van der Waals surface area contributed by atoms with Crippen LogP contribution < -0.4 is 10.2 Å². The molecule has 0 spiro atoms. The molecule has 1 aromatic carbocycles. The van der Waals surface area contributed by atoms with Gasteiger partial charge in [-0.15, -0.1) is 0 Å². The number of amides is 1. The van der Waals surface area contributed by atoms with E-state index in [1.807, 2.05) is 4.90 Å². The number of rotatable bonds is 6. The third kappa shape index (κ3) is 4.31. The summed E-state index contributed by atoms with van der Waals surface area (Å²) in [5.41, 5.74) is -0.361. The summed E-state index contributed by atoms with van der Waals surface area (Å²) in [7, 11) is 1.16. The predicted octanol–water partition coefficient (Wildman–Crippen LogP) is 1.98. The third-order valence-corrected chi connectivity index (χ3v) is 4.98. The van der Waals surface area contributed by atoms with Crippen molar-refractivity contribution >= 4 is 23.3 Å². The van der Waals surface area contributed by atoms with Gasteiger partial charge in [0.15, 0.2) is 0 Å². The molecule has 0 aliphatic carbocycles. The Morgan fingerprint density at radius 3 is 2.55 bits per heavy atom. The highest BCUT2D eigenvalue weighted by molar-refractivity contribution is 6.09. The number of carbonyl (C=O) groups excluding carboxylic acids is 2. The van der Waals surface area contributed by atoms with E-state index in [2.05, 4.69) is 5.32 Å². The summed E-state index contributed by atoms with van der Waals surface area (Å²) >= 11 is 0. The minimum Gasteiger partial charge on any atom is -0.466 e. The Morgan fingerprint density at radius 2 is 1.97 bits per heavy atom. The van der Waals surface area contributed by atoms with Crippen molar-refractivity contribution in [1.29, 1.82) is 0 Å². The molecule has 2 heterocycles. The average Bonchev–Trinajstić information content (AvgIpc) is 3.31. The van der Waals surface area contributed by atoms with Crippen molar-refractivity contribution in [3.63, 3.8) is 0 Å². The summed E-state index contributed by atoms with van der Waals surface area (Å²) < 4.78 is 44.5. The van der Waals surface area contributed by atoms with Gasteiger partial charge in [-0.3, -0.25) is 4.79 Å². The van der Waals surface area contributed by atoms with E-state index in [9.17, 15) is 22.8 Å². The van der Waals surface area contributed by atoms with E-state index in [0.717, 1.165) is 32.1 Å². The van der Waals surface area contributed by atoms with E-state index < -0.39 is 23.6 Å². The Hall–Kier alpha value is -2.75. The number of esters is 1. The van der Waals surface area contributed by atoms with Gasteiger partial charge in [0.2, 0.25) is 0 Å². The summed E-state index contributed by atoms with van der Waals surface area (Å²) in [4.78, 5) is 28.0. The molecule has 10 heteroatoms. The molecule has 1 fully saturated rings. The second-order valence-electron chi connectivity index (χ2n) is 6.84. The molecule has 1 amide bonds. The van der Waals surface area contributed by atoms with Crippen LogP contribution in [0.25, 0.3) is 0 Å². The van der Waals surface area contributed by atoms with Gasteiger partial charge in [0.1, 0.15) is 5.70 Å². The first-order chi connectivity index (χ1) is 13.8. The number of aliphatic hydroxyl groups excluding tert-OH is 1. The van der Waals surface area contributed by atoms with Crippen LogP contribution in [0.3, 0.4) is 0 Å². The van der Waals surface area contributed by atoms with Crippen LogP contribution in [-0.4, -0.2) is 61.8 Å². The molecule has 0 unspecified atom stereocenters. The molecule has 2 aliphatic rings. The van der Waals surface area contributed by atoms with Crippen LogP contribution in [0.2, 0.25) is 0 Å². The van der Waals surface area contributed by atoms with Crippen molar-refractivity contribution < 1.29 is 32.6 Å². The first kappa shape index (κ1) is 21.0. The van der Waals surface area contributed by atoms with Gasteiger partial charge in [-0.1, -0.05) is 0 Å². The van der Waals surface area contributed by atoms with E-state index in [1.54, 1.807) is 0 Å². The first-order valence-corrected chi connectivity index (χ1v) is 9.21. The molecule has 2 N–H and O–H groups in total. The van der Waals surface area contributed by atoms with E-state index >= 15 is 0 Å². The number of aliphatic hydroxyl groups is 1. The Labute approximate surface area is 165 Å². The summed E-state index contributed by atoms with van der Waals surface area (Å²) in [6.07, 6.45) is -2.72. The van der Waals surface area contributed by atoms with Gasteiger partial charge in [0.25, 0.3) is 5.91 Å². The fraction of sp³-hybridized carbons (Fsp3) is 0.474. The first-order valence-electron chi connectivity index (χ1n) is 9.21. The average molecular weight is 413 g/mol. The molecule has 158 valence electrons. The molecule has 29 heavy (non-hydrogen) atoms. The fourth-order valence-electron chi connectivity index (χ4n) is 3.53. The van der Waals surface area contributed by atoms with Crippen LogP contribution in [0.1, 0.15) is 18.4 Å². The molecule has 1 aromatic rings. The van der Waals surface area contributed by atoms with Crippen LogP contribution in [0.5, 0.6) is 0 Å². The summed E-state index contributed by atoms with van der Waals surface area (Å²) in [6.45, 7) is 0.968. The molecule has 1 saturated heterocycles. The molecule has 3 rings (SSSR count). The zero-order valence-corrected chi connectivity index (χ0v) is 15.9. The van der Waals surface area contributed by atoms with Crippen LogP contribution >= 0.6 is 0 Å². The van der Waals surface area contributed by atoms with Gasteiger partial charge >= 0.3 is 12.1 Å². The van der Waals surface area contributed by atoms with Gasteiger partial charge < -0.3 is 25.0 Å². The lowest BCUT2D eigenvalue weighted by Crippen LogP contribution is -2.31. The number of anilines is 2. The van der Waals surface area contributed by atoms with E-state index in [1.165, 1.54) is 11.0 Å². The standard InChI is InChI=1S/C19H22F3N3O4/c1-29-18(28)13-11-25(8-9-26)17(27)16(13)23-14-10-12(19(20,21)22)4-5-15(14)24-6-2-3-7-24/h4-5,10,23,26H,2-3,6-9,11H2,1H3. The number of methoxy groups -OCH3 is 1. The number of hydrogen-bond donors (Lipinski definition) is 2. The van der Waals surface area contributed by atoms with Crippen molar-refractivity contribution in [2.75, 3.05) is 50.1 Å². The zero-order valence-electron chi connectivity index (χ0n) is 15.9. The normalized spacial score (nSPS) is 17.3. The predicted molar refractivity (Wildman–Crippen MR) is 99.2 cm³/mol. The van der Waals surface area contributed by atoms with Crippen LogP contribution in [0.4, 0.5) is 24.5 Å². The minimum atomic E-state index is -4.55. The molecule has 7 nitrogen and oxygen atoms in total. The number of hydrogen-bond acceptors (Lipinski definition) is 6. The smallest absolute Gasteiger partial charge is 0.416 e. The van der Waals surface area contributed by atoms with E-state index in [-0.39, 0.29) is 36.7 Å². The van der Waals surface area contributed by atoms with Gasteiger partial charge in [-0.05, 0) is 31.0 Å². The highest BCUT2D eigenvalue weighted by atomic mass is 19.4. The number of alkyl halides is 3. The van der Waals surface area contributed by atoms with Crippen molar-refractivity contribution in [1.82, 2.24) is 4.90 Å². The molecule has 0 aromatic heterocycles. The quantitative estimate of drug-likeness (QED) is 0.695. The maximum Gasteiger partial charge on any atom is 0.416 e. The largest absolute Gasteiger partial charge is 0.466 e. The number of halogens is 3. The Morgan fingerprint density at radius 1 is 1.28 bits per heavy atom. The van der Waals surface area contributed by atoms with Crippen molar-refractivity contribution in [3.05, 3.63) is 35.0 Å². The highest BCUT2D eigenvalue weighted by Gasteiger charge is 2.36. The van der Waals surface area contributed by atoms with Gasteiger partial charge in [0.05, 0.1) is 42.8 Å². The molecule has 0 atom stereocenters. The monoisotopic (exact) mass is 413 g/mol. The molecule has 2 aliphatic heterocycles. The lowest BCUT2D eigenvalue weighted by atomic mass is 10.1. The number of ether oxygens (including phenoxy) is 1. The SMILES string of the molecule is COC(=O)C1=C(Nc2cc(C(F)(F)F)ccc2N2CCCC2)C(=O)N(CCO)C1. The lowest BCUT2D eigenvalue weighted by Gasteiger charge is -2.24. The van der Waals surface area contributed by atoms with E-state index in [0.29, 0.717) is 18.8 Å². The minimum absolute atomic E-state index is 0.00786. The number of β-amino-alcohol motifs (C(OH)–C–C–N with tert-alkyl or cyclic N) is 1. The van der Waals surface area contributed by atoms with Crippen molar-refractivity contribution in [2.24, 2.45) is 0 Å². The van der Waals surface area contributed by atoms with Gasteiger partial charge in [-0.25, -0.2) is 4.79 Å².